The summed E-state index contributed by atoms with van der Waals surface area (Å²) in [4.78, 5) is 0. The van der Waals surface area contributed by atoms with E-state index in [1.807, 2.05) is 0 Å². The predicted octanol–water partition coefficient (Wildman–Crippen LogP) is -2.69. The molecule has 0 rings (SSSR count). The van der Waals surface area contributed by atoms with E-state index in [0.717, 1.165) is 50.6 Å². The van der Waals surface area contributed by atoms with Crippen LogP contribution < -0.4 is 39.5 Å². The lowest BCUT2D eigenvalue weighted by Gasteiger charge is -2.30. The minimum atomic E-state index is -1.16. The van der Waals surface area contributed by atoms with Crippen molar-refractivity contribution in [3.8, 4) is 0 Å². The lowest BCUT2D eigenvalue weighted by atomic mass is 10.2. The fourth-order valence-electron chi connectivity index (χ4n) is 1.39. The highest BCUT2D eigenvalue weighted by Crippen LogP contribution is 1.96. The number of nitrogens with zero attached hydrogens (tertiary/aromatic N) is 1. The van der Waals surface area contributed by atoms with Gasteiger partial charge in [0.05, 0.1) is 0 Å². The average molecular weight is 262 g/mol. The molecule has 8 heteroatoms. The van der Waals surface area contributed by atoms with E-state index in [1.54, 1.807) is 0 Å². The molecule has 0 aliphatic carbocycles. The number of nitrogens with one attached hydrogen (secondary N) is 2. The topological polar surface area (TPSA) is 157 Å². The third-order valence-electron chi connectivity index (χ3n) is 2.70. The minimum Gasteiger partial charge on any atom is -0.330 e. The van der Waals surface area contributed by atoms with Crippen LogP contribution in [0.25, 0.3) is 0 Å². The molecule has 0 aliphatic heterocycles. The van der Waals surface area contributed by atoms with Crippen LogP contribution >= 0.6 is 0 Å². The SMILES string of the molecule is NCCCNCCCCNCCC(N)(N)N(N)N. The summed E-state index contributed by atoms with van der Waals surface area (Å²) in [5.74, 6) is 9.46. The van der Waals surface area contributed by atoms with E-state index < -0.39 is 5.79 Å². The van der Waals surface area contributed by atoms with E-state index in [9.17, 15) is 0 Å². The molecule has 0 unspecified atom stereocenters. The first kappa shape index (κ1) is 17.7. The van der Waals surface area contributed by atoms with Gasteiger partial charge in [0.1, 0.15) is 5.79 Å². The average Bonchev–Trinajstić information content (AvgIpc) is 2.31. The Bertz CT molecular complexity index is 185. The van der Waals surface area contributed by atoms with Crippen molar-refractivity contribution < 1.29 is 0 Å². The van der Waals surface area contributed by atoms with Crippen molar-refractivity contribution in [2.45, 2.75) is 31.5 Å². The van der Waals surface area contributed by atoms with Gasteiger partial charge < -0.3 is 16.4 Å². The molecule has 0 amide bonds. The highest BCUT2D eigenvalue weighted by atomic mass is 15.7. The summed E-state index contributed by atoms with van der Waals surface area (Å²) >= 11 is 0. The molecule has 0 spiro atoms. The molecule has 0 bridgehead atoms. The molecule has 0 aromatic carbocycles. The molecule has 0 heterocycles. The smallest absolute Gasteiger partial charge is 0.148 e. The van der Waals surface area contributed by atoms with Crippen LogP contribution in [0.15, 0.2) is 0 Å². The van der Waals surface area contributed by atoms with Crippen molar-refractivity contribution in [1.29, 1.82) is 0 Å². The van der Waals surface area contributed by atoms with E-state index in [-0.39, 0.29) is 0 Å². The van der Waals surface area contributed by atoms with Gasteiger partial charge in [-0.3, -0.25) is 23.2 Å². The summed E-state index contributed by atoms with van der Waals surface area (Å²) in [6.45, 7) is 4.39. The van der Waals surface area contributed by atoms with E-state index in [2.05, 4.69) is 10.6 Å². The highest BCUT2D eigenvalue weighted by molar-refractivity contribution is 4.71. The molecule has 0 aliphatic rings. The van der Waals surface area contributed by atoms with Crippen molar-refractivity contribution in [3.05, 3.63) is 0 Å². The maximum atomic E-state index is 5.66. The van der Waals surface area contributed by atoms with Gasteiger partial charge in [0.15, 0.2) is 0 Å². The van der Waals surface area contributed by atoms with Gasteiger partial charge in [-0.2, -0.15) is 5.12 Å². The Hall–Kier alpha value is -0.320. The first-order valence-corrected chi connectivity index (χ1v) is 6.49. The molecule has 0 saturated carbocycles. The van der Waals surface area contributed by atoms with Crippen LogP contribution in [0.1, 0.15) is 25.7 Å². The van der Waals surface area contributed by atoms with Crippen molar-refractivity contribution in [1.82, 2.24) is 15.8 Å². The van der Waals surface area contributed by atoms with Gasteiger partial charge in [-0.05, 0) is 52.0 Å². The molecule has 0 atom stereocenters. The van der Waals surface area contributed by atoms with Crippen LogP contribution in [0.5, 0.6) is 0 Å². The van der Waals surface area contributed by atoms with Crippen LogP contribution in [-0.4, -0.2) is 43.6 Å². The summed E-state index contributed by atoms with van der Waals surface area (Å²) in [6.07, 6.45) is 3.76. The van der Waals surface area contributed by atoms with Crippen LogP contribution in [0.2, 0.25) is 0 Å². The highest BCUT2D eigenvalue weighted by Gasteiger charge is 2.22. The van der Waals surface area contributed by atoms with Gasteiger partial charge in [0, 0.05) is 6.42 Å². The summed E-state index contributed by atoms with van der Waals surface area (Å²) in [5.41, 5.74) is 16.7. The fraction of sp³-hybridized carbons (Fsp3) is 1.00. The molecular weight excluding hydrogens is 232 g/mol. The standard InChI is InChI=1S/C10H30N8/c11-5-3-8-16-6-1-2-7-17-9-4-10(12,13)18(14)15/h16-17H,1-9,11-15H2. The van der Waals surface area contributed by atoms with E-state index in [4.69, 9.17) is 28.9 Å². The first-order chi connectivity index (χ1) is 8.50. The first-order valence-electron chi connectivity index (χ1n) is 6.49. The molecule has 0 saturated heterocycles. The van der Waals surface area contributed by atoms with Gasteiger partial charge in [-0.15, -0.1) is 0 Å². The Morgan fingerprint density at radius 1 is 0.833 bits per heavy atom. The van der Waals surface area contributed by atoms with E-state index in [0.29, 0.717) is 13.0 Å². The number of hydrazine groups is 2. The Labute approximate surface area is 110 Å². The second-order valence-corrected chi connectivity index (χ2v) is 4.50. The number of unbranched alkanes of at least 4 members (excludes halogenated alkanes) is 1. The zero-order chi connectivity index (χ0) is 13.9. The largest absolute Gasteiger partial charge is 0.330 e. The summed E-state index contributed by atoms with van der Waals surface area (Å²) in [5, 5.41) is 7.43. The van der Waals surface area contributed by atoms with Crippen LogP contribution in [0.4, 0.5) is 0 Å². The number of hydrogen-bond donors (Lipinski definition) is 7. The van der Waals surface area contributed by atoms with Gasteiger partial charge in [0.2, 0.25) is 0 Å². The fourth-order valence-corrected chi connectivity index (χ4v) is 1.39. The number of rotatable bonds is 12. The zero-order valence-electron chi connectivity index (χ0n) is 11.2. The second kappa shape index (κ2) is 10.6. The Kier molecular flexibility index (Phi) is 10.4. The van der Waals surface area contributed by atoms with Crippen LogP contribution in [0.3, 0.4) is 0 Å². The van der Waals surface area contributed by atoms with Crippen molar-refractivity contribution in [2.24, 2.45) is 28.9 Å². The molecular formula is C10H30N8. The van der Waals surface area contributed by atoms with Crippen molar-refractivity contribution in [3.63, 3.8) is 0 Å². The molecule has 0 aromatic heterocycles. The maximum absolute atomic E-state index is 5.66. The lowest BCUT2D eigenvalue weighted by molar-refractivity contribution is 0.0894. The van der Waals surface area contributed by atoms with E-state index >= 15 is 0 Å². The summed E-state index contributed by atoms with van der Waals surface area (Å²) in [7, 11) is 0. The third-order valence-corrected chi connectivity index (χ3v) is 2.70. The Morgan fingerprint density at radius 2 is 1.33 bits per heavy atom. The summed E-state index contributed by atoms with van der Waals surface area (Å²) < 4.78 is 0. The Morgan fingerprint density at radius 3 is 1.83 bits per heavy atom. The number of nitrogens with two attached hydrogens (primary N) is 5. The Balaban J connectivity index is 3.21. The minimum absolute atomic E-state index is 0.495. The third kappa shape index (κ3) is 9.68. The van der Waals surface area contributed by atoms with Crippen LogP contribution in [0, 0.1) is 0 Å². The van der Waals surface area contributed by atoms with Gasteiger partial charge in [-0.1, -0.05) is 0 Å². The predicted molar refractivity (Wildman–Crippen MR) is 74.6 cm³/mol. The maximum Gasteiger partial charge on any atom is 0.148 e. The quantitative estimate of drug-likeness (QED) is 0.0866. The van der Waals surface area contributed by atoms with E-state index in [1.165, 1.54) is 0 Å². The molecule has 0 fully saturated rings. The summed E-state index contributed by atoms with van der Waals surface area (Å²) in [6, 6.07) is 0. The monoisotopic (exact) mass is 262 g/mol. The van der Waals surface area contributed by atoms with Crippen molar-refractivity contribution in [2.75, 3.05) is 32.7 Å². The molecule has 8 nitrogen and oxygen atoms in total. The molecule has 0 aromatic rings. The number of hydrogen-bond acceptors (Lipinski definition) is 8. The normalized spacial score (nSPS) is 12.3. The van der Waals surface area contributed by atoms with Crippen molar-refractivity contribution >= 4 is 0 Å². The van der Waals surface area contributed by atoms with Gasteiger partial charge in [0.25, 0.3) is 0 Å². The lowest BCUT2D eigenvalue weighted by Crippen LogP contribution is -2.69. The zero-order valence-corrected chi connectivity index (χ0v) is 11.2. The van der Waals surface area contributed by atoms with Gasteiger partial charge >= 0.3 is 0 Å². The molecule has 110 valence electrons. The molecule has 18 heavy (non-hydrogen) atoms. The second-order valence-electron chi connectivity index (χ2n) is 4.50. The van der Waals surface area contributed by atoms with Gasteiger partial charge in [-0.25, -0.2) is 0 Å². The van der Waals surface area contributed by atoms with Crippen LogP contribution in [-0.2, 0) is 0 Å². The molecule has 12 N–H and O–H groups in total. The molecule has 0 radical (unpaired) electrons.